The first kappa shape index (κ1) is 18.9. The maximum absolute atomic E-state index is 5.21. The Labute approximate surface area is 169 Å². The van der Waals surface area contributed by atoms with Gasteiger partial charge >= 0.3 is 0 Å². The van der Waals surface area contributed by atoms with E-state index in [1.807, 2.05) is 0 Å². The predicted molar refractivity (Wildman–Crippen MR) is 118 cm³/mol. The molecular weight excluding hydrogens is 342 g/mol. The highest BCUT2D eigenvalue weighted by Crippen LogP contribution is 2.44. The molecule has 2 aromatic rings. The smallest absolute Gasteiger partial charge is 0.0804 e. The summed E-state index contributed by atoms with van der Waals surface area (Å²) in [6, 6.07) is 22.0. The minimum Gasteiger partial charge on any atom is -0.309 e. The summed E-state index contributed by atoms with van der Waals surface area (Å²) >= 11 is 0. The van der Waals surface area contributed by atoms with Gasteiger partial charge < -0.3 is 4.90 Å². The van der Waals surface area contributed by atoms with E-state index in [0.717, 1.165) is 25.9 Å². The van der Waals surface area contributed by atoms with E-state index < -0.39 is 0 Å². The highest BCUT2D eigenvalue weighted by Gasteiger charge is 2.40. The van der Waals surface area contributed by atoms with Gasteiger partial charge in [0.1, 0.15) is 0 Å². The van der Waals surface area contributed by atoms with Gasteiger partial charge in [0.25, 0.3) is 0 Å². The van der Waals surface area contributed by atoms with Crippen LogP contribution in [-0.2, 0) is 0 Å². The minimum atomic E-state index is 0.373. The van der Waals surface area contributed by atoms with Crippen LogP contribution in [0, 0.1) is 5.92 Å². The van der Waals surface area contributed by atoms with Crippen molar-refractivity contribution in [1.29, 1.82) is 0 Å². The average Bonchev–Trinajstić information content (AvgIpc) is 3.08. The zero-order valence-electron chi connectivity index (χ0n) is 17.1. The summed E-state index contributed by atoms with van der Waals surface area (Å²) in [6.07, 6.45) is 7.11. The third kappa shape index (κ3) is 4.20. The molecule has 1 fully saturated rings. The topological polar surface area (TPSA) is 18.8 Å². The van der Waals surface area contributed by atoms with Crippen molar-refractivity contribution < 1.29 is 0 Å². The van der Waals surface area contributed by atoms with Gasteiger partial charge in [0, 0.05) is 12.5 Å². The van der Waals surface area contributed by atoms with Gasteiger partial charge in [-0.25, -0.2) is 0 Å². The molecule has 2 atom stereocenters. The van der Waals surface area contributed by atoms with Crippen molar-refractivity contribution in [2.75, 3.05) is 27.2 Å². The molecule has 0 aromatic heterocycles. The van der Waals surface area contributed by atoms with Crippen LogP contribution in [0.5, 0.6) is 0 Å². The third-order valence-electron chi connectivity index (χ3n) is 5.85. The SMILES string of the molecule is CN(C)CCCN1N=C2/C(=C\c3ccccc3)CCCC2C1c1ccccc1. The monoisotopic (exact) mass is 373 g/mol. The van der Waals surface area contributed by atoms with Crippen LogP contribution in [0.4, 0.5) is 0 Å². The number of fused-ring (bicyclic) bond motifs is 1. The molecule has 0 radical (unpaired) electrons. The van der Waals surface area contributed by atoms with E-state index in [1.54, 1.807) is 0 Å². The third-order valence-corrected chi connectivity index (χ3v) is 5.85. The number of nitrogens with zero attached hydrogens (tertiary/aromatic N) is 3. The van der Waals surface area contributed by atoms with Crippen molar-refractivity contribution in [2.45, 2.75) is 31.7 Å². The number of allylic oxidation sites excluding steroid dienone is 1. The summed E-state index contributed by atoms with van der Waals surface area (Å²) in [4.78, 5) is 2.26. The number of hydrogen-bond acceptors (Lipinski definition) is 3. The molecule has 1 aliphatic heterocycles. The lowest BCUT2D eigenvalue weighted by molar-refractivity contribution is 0.187. The molecule has 0 N–H and O–H groups in total. The molecule has 0 bridgehead atoms. The zero-order chi connectivity index (χ0) is 19.3. The Morgan fingerprint density at radius 1 is 1.04 bits per heavy atom. The van der Waals surface area contributed by atoms with Gasteiger partial charge in [-0.3, -0.25) is 5.01 Å². The summed E-state index contributed by atoms with van der Waals surface area (Å²) in [5, 5.41) is 7.58. The van der Waals surface area contributed by atoms with Crippen molar-refractivity contribution in [3.8, 4) is 0 Å². The lowest BCUT2D eigenvalue weighted by Crippen LogP contribution is -2.29. The summed E-state index contributed by atoms with van der Waals surface area (Å²) < 4.78 is 0. The normalized spacial score (nSPS) is 23.2. The Morgan fingerprint density at radius 3 is 2.46 bits per heavy atom. The van der Waals surface area contributed by atoms with Gasteiger partial charge in [-0.1, -0.05) is 60.7 Å². The fraction of sp³-hybridized carbons (Fsp3) is 0.400. The van der Waals surface area contributed by atoms with Gasteiger partial charge in [-0.05, 0) is 69.1 Å². The predicted octanol–water partition coefficient (Wildman–Crippen LogP) is 5.23. The standard InChI is InChI=1S/C25H31N3/c1-27(2)17-10-18-28-25(21-13-7-4-8-14-21)23-16-9-15-22(24(23)26-28)19-20-11-5-3-6-12-20/h3-8,11-14,19,23,25H,9-10,15-18H2,1-2H3/b22-19-. The molecule has 1 saturated carbocycles. The Bertz CT molecular complexity index is 823. The number of rotatable bonds is 6. The van der Waals surface area contributed by atoms with E-state index in [1.165, 1.54) is 35.3 Å². The van der Waals surface area contributed by atoms with E-state index in [0.29, 0.717) is 12.0 Å². The second kappa shape index (κ2) is 8.74. The second-order valence-corrected chi connectivity index (χ2v) is 8.24. The molecule has 0 spiro atoms. The molecule has 4 rings (SSSR count). The van der Waals surface area contributed by atoms with E-state index >= 15 is 0 Å². The number of hydrogen-bond donors (Lipinski definition) is 0. The molecule has 2 aromatic carbocycles. The minimum absolute atomic E-state index is 0.373. The van der Waals surface area contributed by atoms with Crippen LogP contribution in [0.1, 0.15) is 42.9 Å². The van der Waals surface area contributed by atoms with Crippen LogP contribution in [-0.4, -0.2) is 42.8 Å². The average molecular weight is 374 g/mol. The lowest BCUT2D eigenvalue weighted by atomic mass is 9.77. The zero-order valence-corrected chi connectivity index (χ0v) is 17.1. The largest absolute Gasteiger partial charge is 0.309 e. The summed E-state index contributed by atoms with van der Waals surface area (Å²) in [6.45, 7) is 2.11. The maximum Gasteiger partial charge on any atom is 0.0804 e. The Balaban J connectivity index is 1.64. The molecule has 1 aliphatic carbocycles. The lowest BCUT2D eigenvalue weighted by Gasteiger charge is -2.31. The van der Waals surface area contributed by atoms with Gasteiger partial charge in [-0.2, -0.15) is 5.10 Å². The molecule has 3 heteroatoms. The fourth-order valence-corrected chi connectivity index (χ4v) is 4.56. The number of hydrazone groups is 1. The van der Waals surface area contributed by atoms with Gasteiger partial charge in [0.15, 0.2) is 0 Å². The summed E-state index contributed by atoms with van der Waals surface area (Å²) in [5.74, 6) is 0.505. The molecule has 0 amide bonds. The highest BCUT2D eigenvalue weighted by atomic mass is 15.5. The van der Waals surface area contributed by atoms with Crippen molar-refractivity contribution in [3.63, 3.8) is 0 Å². The van der Waals surface area contributed by atoms with Gasteiger partial charge in [0.05, 0.1) is 11.8 Å². The first-order chi connectivity index (χ1) is 13.7. The number of benzene rings is 2. The molecule has 1 heterocycles. The van der Waals surface area contributed by atoms with Crippen LogP contribution in [0.25, 0.3) is 6.08 Å². The fourth-order valence-electron chi connectivity index (χ4n) is 4.56. The van der Waals surface area contributed by atoms with E-state index in [9.17, 15) is 0 Å². The van der Waals surface area contributed by atoms with Gasteiger partial charge in [0.2, 0.25) is 0 Å². The summed E-state index contributed by atoms with van der Waals surface area (Å²) in [5.41, 5.74) is 5.44. The van der Waals surface area contributed by atoms with Crippen LogP contribution in [0.3, 0.4) is 0 Å². The van der Waals surface area contributed by atoms with Gasteiger partial charge in [-0.15, -0.1) is 0 Å². The molecule has 28 heavy (non-hydrogen) atoms. The molecule has 2 aliphatic rings. The molecule has 2 unspecified atom stereocenters. The molecule has 3 nitrogen and oxygen atoms in total. The Kier molecular flexibility index (Phi) is 5.92. The van der Waals surface area contributed by atoms with Crippen LogP contribution < -0.4 is 0 Å². The Hall–Kier alpha value is -2.39. The Morgan fingerprint density at radius 2 is 1.75 bits per heavy atom. The highest BCUT2D eigenvalue weighted by molar-refractivity contribution is 6.07. The van der Waals surface area contributed by atoms with E-state index in [2.05, 4.69) is 90.7 Å². The van der Waals surface area contributed by atoms with Crippen LogP contribution in [0.2, 0.25) is 0 Å². The first-order valence-corrected chi connectivity index (χ1v) is 10.5. The van der Waals surface area contributed by atoms with Crippen LogP contribution in [0.15, 0.2) is 71.3 Å². The van der Waals surface area contributed by atoms with E-state index in [4.69, 9.17) is 5.10 Å². The maximum atomic E-state index is 5.21. The molecule has 0 saturated heterocycles. The van der Waals surface area contributed by atoms with E-state index in [-0.39, 0.29) is 0 Å². The van der Waals surface area contributed by atoms with Crippen molar-refractivity contribution in [2.24, 2.45) is 11.0 Å². The van der Waals surface area contributed by atoms with Crippen molar-refractivity contribution >= 4 is 11.8 Å². The quantitative estimate of drug-likeness (QED) is 0.690. The van der Waals surface area contributed by atoms with Crippen molar-refractivity contribution in [1.82, 2.24) is 9.91 Å². The molecule has 146 valence electrons. The second-order valence-electron chi connectivity index (χ2n) is 8.24. The van der Waals surface area contributed by atoms with Crippen molar-refractivity contribution in [3.05, 3.63) is 77.4 Å². The van der Waals surface area contributed by atoms with Crippen LogP contribution >= 0.6 is 0 Å². The summed E-state index contributed by atoms with van der Waals surface area (Å²) in [7, 11) is 4.29. The first-order valence-electron chi connectivity index (χ1n) is 10.5. The molecular formula is C25H31N3.